The van der Waals surface area contributed by atoms with Gasteiger partial charge in [0, 0.05) is 31.4 Å². The number of carbonyl (C=O) groups is 1. The molecular weight excluding hydrogens is 234 g/mol. The van der Waals surface area contributed by atoms with E-state index < -0.39 is 0 Å². The lowest BCUT2D eigenvalue weighted by atomic mass is 9.92. The van der Waals surface area contributed by atoms with E-state index in [4.69, 9.17) is 4.74 Å². The third-order valence-electron chi connectivity index (χ3n) is 4.27. The van der Waals surface area contributed by atoms with Gasteiger partial charge in [-0.15, -0.1) is 11.8 Å². The van der Waals surface area contributed by atoms with Gasteiger partial charge in [0.25, 0.3) is 0 Å². The van der Waals surface area contributed by atoms with Gasteiger partial charge < -0.3 is 9.64 Å². The molecule has 2 heterocycles. The maximum absolute atomic E-state index is 12.0. The van der Waals surface area contributed by atoms with Crippen LogP contribution in [-0.4, -0.2) is 47.1 Å². The number of ether oxygens (including phenoxy) is 1. The lowest BCUT2D eigenvalue weighted by molar-refractivity contribution is -0.138. The van der Waals surface area contributed by atoms with E-state index >= 15 is 0 Å². The minimum Gasteiger partial charge on any atom is -0.378 e. The maximum atomic E-state index is 12.0. The first-order valence-electron chi connectivity index (χ1n) is 6.68. The van der Waals surface area contributed by atoms with Crippen LogP contribution in [0.5, 0.6) is 0 Å². The molecule has 0 aromatic rings. The van der Waals surface area contributed by atoms with Crippen molar-refractivity contribution < 1.29 is 9.53 Å². The summed E-state index contributed by atoms with van der Waals surface area (Å²) in [5.74, 6) is 2.49. The predicted octanol–water partition coefficient (Wildman–Crippen LogP) is 1.77. The number of thioether (sulfide) groups is 1. The van der Waals surface area contributed by atoms with E-state index in [1.165, 1.54) is 0 Å². The summed E-state index contributed by atoms with van der Waals surface area (Å²) in [5.41, 5.74) is 0. The SMILES string of the molecule is CCO[C@@H]1CSC2(C1)CN(C(=O)[C@H]1C[C@@H]1C)C2. The largest absolute Gasteiger partial charge is 0.378 e. The Morgan fingerprint density at radius 1 is 1.53 bits per heavy atom. The molecule has 3 nitrogen and oxygen atoms in total. The molecule has 0 aromatic heterocycles. The van der Waals surface area contributed by atoms with Gasteiger partial charge in [-0.3, -0.25) is 4.79 Å². The number of likely N-dealkylation sites (tertiary alicyclic amines) is 1. The van der Waals surface area contributed by atoms with Crippen LogP contribution in [0.25, 0.3) is 0 Å². The smallest absolute Gasteiger partial charge is 0.226 e. The molecule has 0 unspecified atom stereocenters. The quantitative estimate of drug-likeness (QED) is 0.769. The average Bonchev–Trinajstić information content (AvgIpc) is 2.82. The van der Waals surface area contributed by atoms with E-state index in [1.807, 2.05) is 11.8 Å². The zero-order valence-electron chi connectivity index (χ0n) is 10.6. The second kappa shape index (κ2) is 4.16. The van der Waals surface area contributed by atoms with E-state index in [9.17, 15) is 4.79 Å². The molecule has 3 atom stereocenters. The standard InChI is InChI=1S/C13H21NO2S/c1-3-16-10-5-13(17-6-10)7-14(8-13)12(15)11-4-9(11)2/h9-11H,3-8H2,1-2H3/t9-,10-,11-/m0/s1. The Morgan fingerprint density at radius 3 is 2.82 bits per heavy atom. The molecule has 2 saturated heterocycles. The zero-order valence-corrected chi connectivity index (χ0v) is 11.5. The van der Waals surface area contributed by atoms with Gasteiger partial charge in [-0.05, 0) is 25.7 Å². The molecule has 0 N–H and O–H groups in total. The van der Waals surface area contributed by atoms with Gasteiger partial charge in [0.15, 0.2) is 0 Å². The van der Waals surface area contributed by atoms with Crippen LogP contribution in [-0.2, 0) is 9.53 Å². The Balaban J connectivity index is 1.49. The summed E-state index contributed by atoms with van der Waals surface area (Å²) in [6.07, 6.45) is 2.66. The van der Waals surface area contributed by atoms with E-state index in [-0.39, 0.29) is 0 Å². The molecule has 1 aliphatic carbocycles. The molecular formula is C13H21NO2S. The molecule has 3 rings (SSSR count). The number of rotatable bonds is 3. The number of nitrogens with zero attached hydrogens (tertiary/aromatic N) is 1. The van der Waals surface area contributed by atoms with Crippen molar-refractivity contribution in [1.29, 1.82) is 0 Å². The summed E-state index contributed by atoms with van der Waals surface area (Å²) in [7, 11) is 0. The molecule has 2 aliphatic heterocycles. The van der Waals surface area contributed by atoms with Crippen molar-refractivity contribution in [3.63, 3.8) is 0 Å². The van der Waals surface area contributed by atoms with Crippen molar-refractivity contribution in [2.75, 3.05) is 25.4 Å². The van der Waals surface area contributed by atoms with Gasteiger partial charge in [0.05, 0.1) is 10.9 Å². The van der Waals surface area contributed by atoms with Crippen LogP contribution < -0.4 is 0 Å². The number of hydrogen-bond acceptors (Lipinski definition) is 3. The van der Waals surface area contributed by atoms with Crippen molar-refractivity contribution in [3.05, 3.63) is 0 Å². The van der Waals surface area contributed by atoms with E-state index in [0.717, 1.165) is 38.3 Å². The molecule has 1 spiro atoms. The lowest BCUT2D eigenvalue weighted by Crippen LogP contribution is -2.61. The summed E-state index contributed by atoms with van der Waals surface area (Å²) in [6.45, 7) is 6.96. The topological polar surface area (TPSA) is 29.5 Å². The Bertz CT molecular complexity index is 327. The fourth-order valence-corrected chi connectivity index (χ4v) is 4.62. The Morgan fingerprint density at radius 2 is 2.24 bits per heavy atom. The highest BCUT2D eigenvalue weighted by Crippen LogP contribution is 2.48. The van der Waals surface area contributed by atoms with Crippen molar-refractivity contribution in [3.8, 4) is 0 Å². The van der Waals surface area contributed by atoms with Crippen LogP contribution >= 0.6 is 11.8 Å². The summed E-state index contributed by atoms with van der Waals surface area (Å²) in [6, 6.07) is 0. The normalized spacial score (nSPS) is 38.2. The van der Waals surface area contributed by atoms with E-state index in [1.54, 1.807) is 0 Å². The minimum atomic E-state index is 0.341. The molecule has 4 heteroatoms. The van der Waals surface area contributed by atoms with Crippen LogP contribution in [0.2, 0.25) is 0 Å². The number of amides is 1. The molecule has 1 amide bonds. The van der Waals surface area contributed by atoms with Gasteiger partial charge in [-0.1, -0.05) is 6.92 Å². The molecule has 96 valence electrons. The van der Waals surface area contributed by atoms with Gasteiger partial charge in [0.1, 0.15) is 0 Å². The van der Waals surface area contributed by atoms with Gasteiger partial charge in [0.2, 0.25) is 5.91 Å². The van der Waals surface area contributed by atoms with Crippen LogP contribution in [0.1, 0.15) is 26.7 Å². The fraction of sp³-hybridized carbons (Fsp3) is 0.923. The second-order valence-electron chi connectivity index (χ2n) is 5.79. The third-order valence-corrected chi connectivity index (χ3v) is 5.85. The summed E-state index contributed by atoms with van der Waals surface area (Å²) in [5, 5.41) is 0. The summed E-state index contributed by atoms with van der Waals surface area (Å²) in [4.78, 5) is 14.1. The highest BCUT2D eigenvalue weighted by molar-refractivity contribution is 8.01. The molecule has 1 saturated carbocycles. The number of carbonyl (C=O) groups excluding carboxylic acids is 1. The maximum Gasteiger partial charge on any atom is 0.226 e. The van der Waals surface area contributed by atoms with Crippen molar-refractivity contribution in [2.24, 2.45) is 11.8 Å². The fourth-order valence-electron chi connectivity index (χ4n) is 3.07. The van der Waals surface area contributed by atoms with Crippen molar-refractivity contribution in [1.82, 2.24) is 4.90 Å². The Labute approximate surface area is 107 Å². The lowest BCUT2D eigenvalue weighted by Gasteiger charge is -2.47. The van der Waals surface area contributed by atoms with Crippen LogP contribution in [0.15, 0.2) is 0 Å². The Hall–Kier alpha value is -0.220. The first kappa shape index (κ1) is 11.8. The minimum absolute atomic E-state index is 0.341. The second-order valence-corrected chi connectivity index (χ2v) is 7.28. The van der Waals surface area contributed by atoms with Crippen LogP contribution in [0.4, 0.5) is 0 Å². The van der Waals surface area contributed by atoms with Gasteiger partial charge in [-0.2, -0.15) is 0 Å². The molecule has 0 bridgehead atoms. The van der Waals surface area contributed by atoms with Gasteiger partial charge >= 0.3 is 0 Å². The first-order chi connectivity index (χ1) is 8.13. The number of hydrogen-bond donors (Lipinski definition) is 0. The van der Waals surface area contributed by atoms with Gasteiger partial charge in [-0.25, -0.2) is 0 Å². The Kier molecular flexibility index (Phi) is 2.90. The van der Waals surface area contributed by atoms with E-state index in [0.29, 0.717) is 28.6 Å². The highest BCUT2D eigenvalue weighted by atomic mass is 32.2. The molecule has 3 fully saturated rings. The molecule has 0 radical (unpaired) electrons. The molecule has 0 aromatic carbocycles. The third kappa shape index (κ3) is 2.10. The first-order valence-corrected chi connectivity index (χ1v) is 7.66. The predicted molar refractivity (Wildman–Crippen MR) is 69.1 cm³/mol. The molecule has 17 heavy (non-hydrogen) atoms. The zero-order chi connectivity index (χ0) is 12.0. The monoisotopic (exact) mass is 255 g/mol. The van der Waals surface area contributed by atoms with Crippen LogP contribution in [0, 0.1) is 11.8 Å². The average molecular weight is 255 g/mol. The summed E-state index contributed by atoms with van der Waals surface area (Å²) < 4.78 is 6.02. The summed E-state index contributed by atoms with van der Waals surface area (Å²) >= 11 is 2.01. The van der Waals surface area contributed by atoms with Crippen molar-refractivity contribution >= 4 is 17.7 Å². The van der Waals surface area contributed by atoms with Crippen molar-refractivity contribution in [2.45, 2.75) is 37.5 Å². The van der Waals surface area contributed by atoms with Crippen LogP contribution in [0.3, 0.4) is 0 Å². The highest BCUT2D eigenvalue weighted by Gasteiger charge is 2.53. The van der Waals surface area contributed by atoms with E-state index in [2.05, 4.69) is 18.7 Å². The molecule has 3 aliphatic rings.